The quantitative estimate of drug-likeness (QED) is 0.837. The van der Waals surface area contributed by atoms with Crippen LogP contribution in [0, 0.1) is 5.92 Å². The van der Waals surface area contributed by atoms with E-state index < -0.39 is 0 Å². The first-order chi connectivity index (χ1) is 9.81. The fourth-order valence-corrected chi connectivity index (χ4v) is 2.70. The van der Waals surface area contributed by atoms with Gasteiger partial charge in [0, 0.05) is 32.1 Å². The summed E-state index contributed by atoms with van der Waals surface area (Å²) in [5.74, 6) is 0.646. The Bertz CT molecular complexity index is 606. The van der Waals surface area contributed by atoms with Crippen molar-refractivity contribution in [3.05, 3.63) is 24.3 Å². The molecule has 5 nitrogen and oxygen atoms in total. The number of aromatic nitrogens is 1. The van der Waals surface area contributed by atoms with Crippen LogP contribution in [0.4, 0.5) is 6.01 Å². The minimum absolute atomic E-state index is 0.311. The highest BCUT2D eigenvalue weighted by Gasteiger charge is 2.35. The summed E-state index contributed by atoms with van der Waals surface area (Å²) in [6.45, 7) is 3.14. The fraction of sp³-hybridized carbons (Fsp3) is 0.467. The molecule has 1 amide bonds. The molecule has 0 N–H and O–H groups in total. The predicted molar refractivity (Wildman–Crippen MR) is 75.5 cm³/mol. The first-order valence-corrected chi connectivity index (χ1v) is 7.20. The first kappa shape index (κ1) is 11.8. The second kappa shape index (κ2) is 4.51. The molecular formula is C15H17N3O2. The molecule has 2 heterocycles. The summed E-state index contributed by atoms with van der Waals surface area (Å²) < 4.78 is 5.77. The number of piperazine rings is 1. The molecule has 2 fully saturated rings. The molecule has 1 aliphatic heterocycles. The van der Waals surface area contributed by atoms with Crippen LogP contribution in [0.25, 0.3) is 11.1 Å². The number of rotatable bonds is 2. The van der Waals surface area contributed by atoms with Gasteiger partial charge in [-0.15, -0.1) is 0 Å². The van der Waals surface area contributed by atoms with Crippen molar-refractivity contribution in [2.24, 2.45) is 5.92 Å². The molecule has 0 atom stereocenters. The number of fused-ring (bicyclic) bond motifs is 1. The second-order valence-corrected chi connectivity index (χ2v) is 5.55. The molecular weight excluding hydrogens is 254 g/mol. The van der Waals surface area contributed by atoms with E-state index in [-0.39, 0.29) is 0 Å². The van der Waals surface area contributed by atoms with Gasteiger partial charge in [-0.25, -0.2) is 0 Å². The number of carbonyl (C=O) groups excluding carboxylic acids is 1. The summed E-state index contributed by atoms with van der Waals surface area (Å²) in [6.07, 6.45) is 2.15. The Kier molecular flexibility index (Phi) is 2.65. The van der Waals surface area contributed by atoms with Gasteiger partial charge in [0.25, 0.3) is 6.01 Å². The second-order valence-electron chi connectivity index (χ2n) is 5.55. The molecule has 0 radical (unpaired) electrons. The van der Waals surface area contributed by atoms with E-state index in [0.717, 1.165) is 50.1 Å². The third kappa shape index (κ3) is 2.03. The summed E-state index contributed by atoms with van der Waals surface area (Å²) in [5.41, 5.74) is 1.71. The van der Waals surface area contributed by atoms with Crippen LogP contribution in [0.2, 0.25) is 0 Å². The van der Waals surface area contributed by atoms with E-state index >= 15 is 0 Å². The number of hydrogen-bond acceptors (Lipinski definition) is 4. The molecule has 1 aromatic heterocycles. The van der Waals surface area contributed by atoms with Crippen molar-refractivity contribution in [1.82, 2.24) is 9.88 Å². The Morgan fingerprint density at radius 1 is 1.15 bits per heavy atom. The third-order valence-corrected chi connectivity index (χ3v) is 4.07. The van der Waals surface area contributed by atoms with Crippen LogP contribution in [-0.4, -0.2) is 42.0 Å². The van der Waals surface area contributed by atoms with Crippen molar-refractivity contribution in [3.63, 3.8) is 0 Å². The van der Waals surface area contributed by atoms with E-state index in [4.69, 9.17) is 4.42 Å². The van der Waals surface area contributed by atoms with E-state index in [1.165, 1.54) is 0 Å². The molecule has 20 heavy (non-hydrogen) atoms. The summed E-state index contributed by atoms with van der Waals surface area (Å²) in [6, 6.07) is 8.46. The number of para-hydroxylation sites is 2. The van der Waals surface area contributed by atoms with E-state index in [2.05, 4.69) is 9.88 Å². The number of benzene rings is 1. The largest absolute Gasteiger partial charge is 0.423 e. The normalized spacial score (nSPS) is 19.6. The summed E-state index contributed by atoms with van der Waals surface area (Å²) >= 11 is 0. The van der Waals surface area contributed by atoms with Crippen LogP contribution in [-0.2, 0) is 4.79 Å². The minimum atomic E-state index is 0.311. The lowest BCUT2D eigenvalue weighted by Gasteiger charge is -2.33. The highest BCUT2D eigenvalue weighted by atomic mass is 16.4. The molecule has 1 aliphatic carbocycles. The van der Waals surface area contributed by atoms with E-state index in [0.29, 0.717) is 17.8 Å². The standard InChI is InChI=1S/C15H17N3O2/c19-14(11-5-6-11)17-7-9-18(10-8-17)15-16-12-3-1-2-4-13(12)20-15/h1-4,11H,5-10H2. The van der Waals surface area contributed by atoms with Gasteiger partial charge < -0.3 is 14.2 Å². The van der Waals surface area contributed by atoms with Gasteiger partial charge in [-0.1, -0.05) is 12.1 Å². The number of hydrogen-bond donors (Lipinski definition) is 0. The first-order valence-electron chi connectivity index (χ1n) is 7.20. The molecule has 1 saturated heterocycles. The van der Waals surface area contributed by atoms with Crippen molar-refractivity contribution in [1.29, 1.82) is 0 Å². The molecule has 5 heteroatoms. The zero-order valence-corrected chi connectivity index (χ0v) is 11.3. The molecule has 0 bridgehead atoms. The number of carbonyl (C=O) groups is 1. The van der Waals surface area contributed by atoms with E-state index in [9.17, 15) is 4.79 Å². The number of oxazole rings is 1. The molecule has 2 aliphatic rings. The SMILES string of the molecule is O=C(C1CC1)N1CCN(c2nc3ccccc3o2)CC1. The van der Waals surface area contributed by atoms with Crippen LogP contribution in [0.15, 0.2) is 28.7 Å². The molecule has 104 valence electrons. The van der Waals surface area contributed by atoms with Gasteiger partial charge >= 0.3 is 0 Å². The molecule has 0 unspecified atom stereocenters. The number of amides is 1. The topological polar surface area (TPSA) is 49.6 Å². The van der Waals surface area contributed by atoms with Gasteiger partial charge in [-0.2, -0.15) is 4.98 Å². The van der Waals surface area contributed by atoms with Crippen molar-refractivity contribution >= 4 is 23.0 Å². The molecule has 2 aromatic rings. The fourth-order valence-electron chi connectivity index (χ4n) is 2.70. The van der Waals surface area contributed by atoms with Crippen molar-refractivity contribution in [3.8, 4) is 0 Å². The lowest BCUT2D eigenvalue weighted by molar-refractivity contribution is -0.132. The zero-order valence-electron chi connectivity index (χ0n) is 11.3. The maximum Gasteiger partial charge on any atom is 0.298 e. The number of nitrogens with zero attached hydrogens (tertiary/aromatic N) is 3. The van der Waals surface area contributed by atoms with Gasteiger partial charge in [0.15, 0.2) is 5.58 Å². The Morgan fingerprint density at radius 2 is 1.90 bits per heavy atom. The van der Waals surface area contributed by atoms with Crippen LogP contribution >= 0.6 is 0 Å². The lowest BCUT2D eigenvalue weighted by Crippen LogP contribution is -2.49. The predicted octanol–water partition coefficient (Wildman–Crippen LogP) is 1.89. The highest BCUT2D eigenvalue weighted by molar-refractivity contribution is 5.81. The monoisotopic (exact) mass is 271 g/mol. The Balaban J connectivity index is 1.46. The maximum atomic E-state index is 12.0. The maximum absolute atomic E-state index is 12.0. The summed E-state index contributed by atoms with van der Waals surface area (Å²) in [5, 5.41) is 0. The molecule has 1 aromatic carbocycles. The third-order valence-electron chi connectivity index (χ3n) is 4.07. The molecule has 0 spiro atoms. The van der Waals surface area contributed by atoms with Crippen LogP contribution in [0.1, 0.15) is 12.8 Å². The van der Waals surface area contributed by atoms with Gasteiger partial charge in [-0.05, 0) is 25.0 Å². The van der Waals surface area contributed by atoms with Crippen molar-refractivity contribution in [2.45, 2.75) is 12.8 Å². The van der Waals surface area contributed by atoms with E-state index in [1.54, 1.807) is 0 Å². The molecule has 4 rings (SSSR count). The van der Waals surface area contributed by atoms with Crippen LogP contribution in [0.3, 0.4) is 0 Å². The Hall–Kier alpha value is -2.04. The zero-order chi connectivity index (χ0) is 13.5. The summed E-state index contributed by atoms with van der Waals surface area (Å²) in [4.78, 5) is 20.6. The van der Waals surface area contributed by atoms with E-state index in [1.807, 2.05) is 29.2 Å². The number of anilines is 1. The smallest absolute Gasteiger partial charge is 0.298 e. The lowest BCUT2D eigenvalue weighted by atomic mass is 10.3. The minimum Gasteiger partial charge on any atom is -0.423 e. The summed E-state index contributed by atoms with van der Waals surface area (Å²) in [7, 11) is 0. The van der Waals surface area contributed by atoms with Gasteiger partial charge in [0.2, 0.25) is 5.91 Å². The average Bonchev–Trinajstić information content (AvgIpc) is 3.25. The van der Waals surface area contributed by atoms with Gasteiger partial charge in [0.1, 0.15) is 5.52 Å². The highest BCUT2D eigenvalue weighted by Crippen LogP contribution is 2.31. The van der Waals surface area contributed by atoms with Crippen molar-refractivity contribution < 1.29 is 9.21 Å². The van der Waals surface area contributed by atoms with Crippen molar-refractivity contribution in [2.75, 3.05) is 31.1 Å². The molecule has 1 saturated carbocycles. The Labute approximate surface area is 117 Å². The van der Waals surface area contributed by atoms with Gasteiger partial charge in [0.05, 0.1) is 0 Å². The Morgan fingerprint density at radius 3 is 2.60 bits per heavy atom. The van der Waals surface area contributed by atoms with Crippen LogP contribution < -0.4 is 4.90 Å². The van der Waals surface area contributed by atoms with Crippen LogP contribution in [0.5, 0.6) is 0 Å². The average molecular weight is 271 g/mol. The van der Waals surface area contributed by atoms with Gasteiger partial charge in [-0.3, -0.25) is 4.79 Å².